The maximum atomic E-state index is 13.4. The highest BCUT2D eigenvalue weighted by Crippen LogP contribution is 2.23. The van der Waals surface area contributed by atoms with Gasteiger partial charge in [0, 0.05) is 6.54 Å². The molecule has 168 valence electrons. The number of nitrogens with one attached hydrogen (secondary N) is 1. The minimum absolute atomic E-state index is 0.0771. The van der Waals surface area contributed by atoms with Crippen LogP contribution in [0.3, 0.4) is 0 Å². The van der Waals surface area contributed by atoms with E-state index in [2.05, 4.69) is 10.2 Å². The Morgan fingerprint density at radius 1 is 0.968 bits per heavy atom. The fraction of sp³-hybridized carbons (Fsp3) is 0.435. The van der Waals surface area contributed by atoms with Crippen molar-refractivity contribution >= 4 is 21.6 Å². The molecule has 1 saturated heterocycles. The molecule has 2 aromatic rings. The van der Waals surface area contributed by atoms with E-state index >= 15 is 0 Å². The van der Waals surface area contributed by atoms with Crippen LogP contribution in [0.4, 0.5) is 10.1 Å². The summed E-state index contributed by atoms with van der Waals surface area (Å²) in [5, 5.41) is 2.83. The molecular formula is C23H30FN3O3S. The minimum atomic E-state index is -3.97. The van der Waals surface area contributed by atoms with Crippen molar-refractivity contribution in [3.8, 4) is 0 Å². The second-order valence-corrected chi connectivity index (χ2v) is 9.62. The van der Waals surface area contributed by atoms with Crippen LogP contribution < -0.4 is 9.62 Å². The second-order valence-electron chi connectivity index (χ2n) is 7.76. The molecule has 1 N–H and O–H groups in total. The smallest absolute Gasteiger partial charge is 0.264 e. The molecule has 0 spiro atoms. The van der Waals surface area contributed by atoms with Crippen LogP contribution in [0.1, 0.15) is 32.1 Å². The number of carbonyl (C=O) groups is 1. The van der Waals surface area contributed by atoms with Gasteiger partial charge in [-0.2, -0.15) is 0 Å². The summed E-state index contributed by atoms with van der Waals surface area (Å²) >= 11 is 0. The van der Waals surface area contributed by atoms with E-state index in [1.165, 1.54) is 62.1 Å². The predicted octanol–water partition coefficient (Wildman–Crippen LogP) is 3.40. The first kappa shape index (κ1) is 23.2. The van der Waals surface area contributed by atoms with Gasteiger partial charge in [0.1, 0.15) is 12.4 Å². The van der Waals surface area contributed by atoms with E-state index < -0.39 is 15.8 Å². The summed E-state index contributed by atoms with van der Waals surface area (Å²) in [7, 11) is -3.97. The van der Waals surface area contributed by atoms with Crippen molar-refractivity contribution in [3.63, 3.8) is 0 Å². The molecule has 0 atom stereocenters. The Labute approximate surface area is 184 Å². The molecular weight excluding hydrogens is 417 g/mol. The van der Waals surface area contributed by atoms with Gasteiger partial charge in [-0.1, -0.05) is 31.0 Å². The Kier molecular flexibility index (Phi) is 8.43. The number of nitrogens with zero attached hydrogens (tertiary/aromatic N) is 2. The number of hydrogen-bond acceptors (Lipinski definition) is 4. The Bertz CT molecular complexity index is 928. The number of amides is 1. The Balaban J connectivity index is 1.63. The number of benzene rings is 2. The number of rotatable bonds is 9. The average molecular weight is 448 g/mol. The van der Waals surface area contributed by atoms with E-state index in [1.807, 2.05) is 0 Å². The standard InChI is InChI=1S/C23H30FN3O3S/c24-20-11-13-21(14-12-20)27(31(29,30)22-9-4-3-5-10-22)19-23(28)25-15-8-18-26-16-6-1-2-7-17-26/h3-5,9-14H,1-2,6-8,15-19H2,(H,25,28). The van der Waals surface area contributed by atoms with Gasteiger partial charge >= 0.3 is 0 Å². The third-order valence-electron chi connectivity index (χ3n) is 5.40. The molecule has 1 aliphatic heterocycles. The molecule has 0 unspecified atom stereocenters. The van der Waals surface area contributed by atoms with Crippen molar-refractivity contribution in [3.05, 3.63) is 60.4 Å². The fourth-order valence-electron chi connectivity index (χ4n) is 3.72. The zero-order chi connectivity index (χ0) is 22.1. The lowest BCUT2D eigenvalue weighted by atomic mass is 10.2. The molecule has 0 saturated carbocycles. The molecule has 1 aliphatic rings. The van der Waals surface area contributed by atoms with Crippen LogP contribution in [-0.2, 0) is 14.8 Å². The molecule has 1 fully saturated rings. The summed E-state index contributed by atoms with van der Waals surface area (Å²) < 4.78 is 40.7. The van der Waals surface area contributed by atoms with E-state index in [4.69, 9.17) is 0 Å². The minimum Gasteiger partial charge on any atom is -0.354 e. The molecule has 31 heavy (non-hydrogen) atoms. The average Bonchev–Trinajstić information content (AvgIpc) is 3.05. The third kappa shape index (κ3) is 6.77. The van der Waals surface area contributed by atoms with Gasteiger partial charge in [-0.05, 0) is 75.3 Å². The lowest BCUT2D eigenvalue weighted by Crippen LogP contribution is -2.41. The van der Waals surface area contributed by atoms with Crippen molar-refractivity contribution in [1.82, 2.24) is 10.2 Å². The molecule has 1 heterocycles. The SMILES string of the molecule is O=C(CN(c1ccc(F)cc1)S(=O)(=O)c1ccccc1)NCCCN1CCCCCC1. The van der Waals surface area contributed by atoms with E-state index in [0.29, 0.717) is 6.54 Å². The van der Waals surface area contributed by atoms with Gasteiger partial charge in [0.15, 0.2) is 0 Å². The Hall–Kier alpha value is -2.45. The number of hydrogen-bond donors (Lipinski definition) is 1. The van der Waals surface area contributed by atoms with Crippen LogP contribution in [-0.4, -0.2) is 51.9 Å². The summed E-state index contributed by atoms with van der Waals surface area (Å²) in [5.41, 5.74) is 0.241. The van der Waals surface area contributed by atoms with Gasteiger partial charge < -0.3 is 10.2 Å². The number of sulfonamides is 1. The molecule has 8 heteroatoms. The highest BCUT2D eigenvalue weighted by Gasteiger charge is 2.27. The van der Waals surface area contributed by atoms with Gasteiger partial charge in [0.2, 0.25) is 5.91 Å². The zero-order valence-corrected chi connectivity index (χ0v) is 18.5. The second kappa shape index (κ2) is 11.2. The molecule has 2 aromatic carbocycles. The lowest BCUT2D eigenvalue weighted by molar-refractivity contribution is -0.119. The van der Waals surface area contributed by atoms with Crippen LogP contribution in [0.15, 0.2) is 59.5 Å². The van der Waals surface area contributed by atoms with E-state index in [1.54, 1.807) is 18.2 Å². The maximum absolute atomic E-state index is 13.4. The number of carbonyl (C=O) groups excluding carboxylic acids is 1. The van der Waals surface area contributed by atoms with Crippen LogP contribution in [0.25, 0.3) is 0 Å². The van der Waals surface area contributed by atoms with Crippen molar-refractivity contribution < 1.29 is 17.6 Å². The summed E-state index contributed by atoms with van der Waals surface area (Å²) in [5.74, 6) is -0.863. The fourth-order valence-corrected chi connectivity index (χ4v) is 5.16. The van der Waals surface area contributed by atoms with E-state index in [0.717, 1.165) is 30.4 Å². The van der Waals surface area contributed by atoms with Crippen molar-refractivity contribution in [2.75, 3.05) is 37.0 Å². The molecule has 0 radical (unpaired) electrons. The topological polar surface area (TPSA) is 69.7 Å². The normalized spacial score (nSPS) is 15.3. The molecule has 6 nitrogen and oxygen atoms in total. The van der Waals surface area contributed by atoms with Gasteiger partial charge in [-0.15, -0.1) is 0 Å². The van der Waals surface area contributed by atoms with Crippen LogP contribution in [0, 0.1) is 5.82 Å². The molecule has 0 aromatic heterocycles. The van der Waals surface area contributed by atoms with Crippen molar-refractivity contribution in [2.24, 2.45) is 0 Å². The van der Waals surface area contributed by atoms with E-state index in [-0.39, 0.29) is 23.0 Å². The van der Waals surface area contributed by atoms with Gasteiger partial charge in [0.05, 0.1) is 10.6 Å². The van der Waals surface area contributed by atoms with Gasteiger partial charge in [-0.25, -0.2) is 12.8 Å². The van der Waals surface area contributed by atoms with E-state index in [9.17, 15) is 17.6 Å². The molecule has 3 rings (SSSR count). The number of halogens is 1. The maximum Gasteiger partial charge on any atom is 0.264 e. The lowest BCUT2D eigenvalue weighted by Gasteiger charge is -2.24. The molecule has 1 amide bonds. The first-order valence-corrected chi connectivity index (χ1v) is 12.2. The monoisotopic (exact) mass is 447 g/mol. The predicted molar refractivity (Wildman–Crippen MR) is 120 cm³/mol. The quantitative estimate of drug-likeness (QED) is 0.598. The van der Waals surface area contributed by atoms with Crippen LogP contribution >= 0.6 is 0 Å². The van der Waals surface area contributed by atoms with Crippen LogP contribution in [0.5, 0.6) is 0 Å². The highest BCUT2D eigenvalue weighted by atomic mass is 32.2. The zero-order valence-electron chi connectivity index (χ0n) is 17.7. The van der Waals surface area contributed by atoms with Crippen LogP contribution in [0.2, 0.25) is 0 Å². The number of anilines is 1. The first-order valence-electron chi connectivity index (χ1n) is 10.8. The highest BCUT2D eigenvalue weighted by molar-refractivity contribution is 7.92. The van der Waals surface area contributed by atoms with Gasteiger partial charge in [-0.3, -0.25) is 9.10 Å². The largest absolute Gasteiger partial charge is 0.354 e. The Morgan fingerprint density at radius 2 is 1.61 bits per heavy atom. The summed E-state index contributed by atoms with van der Waals surface area (Å²) in [4.78, 5) is 15.1. The molecule has 0 bridgehead atoms. The van der Waals surface area contributed by atoms with Gasteiger partial charge in [0.25, 0.3) is 10.0 Å². The Morgan fingerprint density at radius 3 is 2.26 bits per heavy atom. The van der Waals surface area contributed by atoms with Crippen molar-refractivity contribution in [1.29, 1.82) is 0 Å². The summed E-state index contributed by atoms with van der Waals surface area (Å²) in [6.45, 7) is 3.23. The first-order chi connectivity index (χ1) is 15.0. The summed E-state index contributed by atoms with van der Waals surface area (Å²) in [6, 6.07) is 13.0. The number of likely N-dealkylation sites (tertiary alicyclic amines) is 1. The van der Waals surface area contributed by atoms with Crippen molar-refractivity contribution in [2.45, 2.75) is 37.0 Å². The summed E-state index contributed by atoms with van der Waals surface area (Å²) in [6.07, 6.45) is 5.81. The third-order valence-corrected chi connectivity index (χ3v) is 7.19. The molecule has 0 aliphatic carbocycles.